The molecule has 2 fully saturated rings. The van der Waals surface area contributed by atoms with Crippen molar-refractivity contribution in [1.29, 1.82) is 0 Å². The van der Waals surface area contributed by atoms with E-state index in [0.29, 0.717) is 11.3 Å². The van der Waals surface area contributed by atoms with Crippen LogP contribution in [-0.4, -0.2) is 43.0 Å². The van der Waals surface area contributed by atoms with E-state index in [1.165, 1.54) is 12.8 Å². The Bertz CT molecular complexity index is 271. The average Bonchev–Trinajstić information content (AvgIpc) is 2.77. The van der Waals surface area contributed by atoms with Crippen molar-refractivity contribution in [3.05, 3.63) is 0 Å². The average molecular weight is 225 g/mol. The molecule has 1 unspecified atom stereocenters. The molecule has 1 spiro atoms. The quantitative estimate of drug-likeness (QED) is 0.720. The van der Waals surface area contributed by atoms with Crippen molar-refractivity contribution < 1.29 is 4.79 Å². The molecule has 0 aliphatic carbocycles. The second kappa shape index (κ2) is 4.34. The summed E-state index contributed by atoms with van der Waals surface area (Å²) >= 11 is 0. The molecule has 1 amide bonds. The van der Waals surface area contributed by atoms with E-state index in [0.717, 1.165) is 26.2 Å². The number of hydrogen-bond acceptors (Lipinski definition) is 3. The summed E-state index contributed by atoms with van der Waals surface area (Å²) in [6, 6.07) is -0.0834. The Morgan fingerprint density at radius 2 is 2.19 bits per heavy atom. The number of nitrogens with two attached hydrogens (primary N) is 1. The molecule has 0 bridgehead atoms. The monoisotopic (exact) mass is 225 g/mol. The van der Waals surface area contributed by atoms with E-state index in [1.807, 2.05) is 0 Å². The van der Waals surface area contributed by atoms with Gasteiger partial charge in [-0.2, -0.15) is 0 Å². The summed E-state index contributed by atoms with van der Waals surface area (Å²) in [5, 5.41) is 3.43. The molecule has 92 valence electrons. The summed E-state index contributed by atoms with van der Waals surface area (Å²) < 4.78 is 0. The van der Waals surface area contributed by atoms with Crippen LogP contribution >= 0.6 is 0 Å². The van der Waals surface area contributed by atoms with Gasteiger partial charge in [0.15, 0.2) is 0 Å². The van der Waals surface area contributed by atoms with Gasteiger partial charge < -0.3 is 11.1 Å². The van der Waals surface area contributed by atoms with Gasteiger partial charge in [0.05, 0.1) is 6.04 Å². The molecule has 2 heterocycles. The number of likely N-dealkylation sites (tertiary alicyclic amines) is 1. The van der Waals surface area contributed by atoms with E-state index in [1.54, 1.807) is 0 Å². The zero-order chi connectivity index (χ0) is 11.8. The third-order valence-electron chi connectivity index (χ3n) is 4.12. The predicted octanol–water partition coefficient (Wildman–Crippen LogP) is 0.182. The maximum Gasteiger partial charge on any atom is 0.235 e. The number of nitrogens with zero attached hydrogens (tertiary/aromatic N) is 1. The summed E-state index contributed by atoms with van der Waals surface area (Å²) in [7, 11) is 0. The highest BCUT2D eigenvalue weighted by molar-refractivity contribution is 5.80. The molecule has 3 N–H and O–H groups in total. The fourth-order valence-electron chi connectivity index (χ4n) is 3.28. The van der Waals surface area contributed by atoms with Crippen molar-refractivity contribution in [2.45, 2.75) is 32.7 Å². The van der Waals surface area contributed by atoms with Crippen LogP contribution in [0.25, 0.3) is 0 Å². The Labute approximate surface area is 97.6 Å². The molecule has 0 radical (unpaired) electrons. The van der Waals surface area contributed by atoms with Crippen molar-refractivity contribution >= 4 is 5.91 Å². The number of primary amides is 1. The highest BCUT2D eigenvalue weighted by Gasteiger charge is 2.43. The van der Waals surface area contributed by atoms with Crippen molar-refractivity contribution in [2.24, 2.45) is 17.1 Å². The molecule has 2 aliphatic rings. The van der Waals surface area contributed by atoms with Crippen LogP contribution in [0.2, 0.25) is 0 Å². The topological polar surface area (TPSA) is 58.4 Å². The van der Waals surface area contributed by atoms with Gasteiger partial charge >= 0.3 is 0 Å². The lowest BCUT2D eigenvalue weighted by Gasteiger charge is -2.30. The molecule has 2 saturated heterocycles. The van der Waals surface area contributed by atoms with Crippen LogP contribution < -0.4 is 11.1 Å². The molecule has 16 heavy (non-hydrogen) atoms. The van der Waals surface area contributed by atoms with E-state index < -0.39 is 0 Å². The van der Waals surface area contributed by atoms with Gasteiger partial charge in [0.2, 0.25) is 5.91 Å². The van der Waals surface area contributed by atoms with Crippen molar-refractivity contribution in [3.63, 3.8) is 0 Å². The Kier molecular flexibility index (Phi) is 3.22. The zero-order valence-electron chi connectivity index (χ0n) is 10.3. The van der Waals surface area contributed by atoms with Gasteiger partial charge in [-0.05, 0) is 37.3 Å². The molecular weight excluding hydrogens is 202 g/mol. The number of carbonyl (C=O) groups is 1. The van der Waals surface area contributed by atoms with Crippen LogP contribution in [0.1, 0.15) is 26.7 Å². The number of hydrogen-bond donors (Lipinski definition) is 2. The van der Waals surface area contributed by atoms with Gasteiger partial charge in [-0.25, -0.2) is 0 Å². The molecule has 2 aliphatic heterocycles. The second-order valence-corrected chi connectivity index (χ2v) is 5.74. The minimum Gasteiger partial charge on any atom is -0.368 e. The molecule has 2 atom stereocenters. The molecule has 2 rings (SSSR count). The van der Waals surface area contributed by atoms with Crippen LogP contribution in [-0.2, 0) is 4.79 Å². The maximum atomic E-state index is 11.5. The standard InChI is InChI=1S/C12H23N3O/c1-9(2)10(11(13)16)15-6-4-12(8-15)3-5-14-7-12/h9-10,14H,3-8H2,1-2H3,(H2,13,16)/t10?,12-/m1/s1. The van der Waals surface area contributed by atoms with Crippen LogP contribution in [0.15, 0.2) is 0 Å². The van der Waals surface area contributed by atoms with Gasteiger partial charge in [0.1, 0.15) is 0 Å². The first kappa shape index (κ1) is 11.9. The summed E-state index contributed by atoms with van der Waals surface area (Å²) in [5.41, 5.74) is 5.93. The van der Waals surface area contributed by atoms with E-state index in [-0.39, 0.29) is 11.9 Å². The van der Waals surface area contributed by atoms with Crippen molar-refractivity contribution in [2.75, 3.05) is 26.2 Å². The van der Waals surface area contributed by atoms with E-state index in [2.05, 4.69) is 24.1 Å². The highest BCUT2D eigenvalue weighted by Crippen LogP contribution is 2.37. The lowest BCUT2D eigenvalue weighted by Crippen LogP contribution is -2.47. The Morgan fingerprint density at radius 3 is 2.69 bits per heavy atom. The number of amides is 1. The van der Waals surface area contributed by atoms with Crippen LogP contribution in [0.3, 0.4) is 0 Å². The molecule has 4 nitrogen and oxygen atoms in total. The molecule has 0 saturated carbocycles. The first-order valence-electron chi connectivity index (χ1n) is 6.28. The van der Waals surface area contributed by atoms with Gasteiger partial charge in [-0.15, -0.1) is 0 Å². The fraction of sp³-hybridized carbons (Fsp3) is 0.917. The zero-order valence-corrected chi connectivity index (χ0v) is 10.3. The highest BCUT2D eigenvalue weighted by atomic mass is 16.1. The molecule has 0 aromatic heterocycles. The number of nitrogens with one attached hydrogen (secondary N) is 1. The van der Waals surface area contributed by atoms with Crippen molar-refractivity contribution in [1.82, 2.24) is 10.2 Å². The maximum absolute atomic E-state index is 11.5. The molecule has 4 heteroatoms. The lowest BCUT2D eigenvalue weighted by molar-refractivity contribution is -0.124. The van der Waals surface area contributed by atoms with Gasteiger partial charge in [0.25, 0.3) is 0 Å². The summed E-state index contributed by atoms with van der Waals surface area (Å²) in [5.74, 6) is 0.139. The summed E-state index contributed by atoms with van der Waals surface area (Å²) in [6.45, 7) is 8.43. The third-order valence-corrected chi connectivity index (χ3v) is 4.12. The van der Waals surface area contributed by atoms with Crippen molar-refractivity contribution in [3.8, 4) is 0 Å². The molecule has 0 aromatic rings. The van der Waals surface area contributed by atoms with Gasteiger partial charge in [-0.3, -0.25) is 9.69 Å². The first-order valence-corrected chi connectivity index (χ1v) is 6.28. The molecule has 0 aromatic carbocycles. The minimum atomic E-state index is -0.169. The smallest absolute Gasteiger partial charge is 0.235 e. The predicted molar refractivity (Wildman–Crippen MR) is 63.9 cm³/mol. The van der Waals surface area contributed by atoms with Crippen LogP contribution in [0.5, 0.6) is 0 Å². The van der Waals surface area contributed by atoms with Gasteiger partial charge in [-0.1, -0.05) is 13.8 Å². The largest absolute Gasteiger partial charge is 0.368 e. The van der Waals surface area contributed by atoms with E-state index >= 15 is 0 Å². The number of carbonyl (C=O) groups excluding carboxylic acids is 1. The summed E-state index contributed by atoms with van der Waals surface area (Å²) in [4.78, 5) is 13.8. The van der Waals surface area contributed by atoms with E-state index in [9.17, 15) is 4.79 Å². The van der Waals surface area contributed by atoms with E-state index in [4.69, 9.17) is 5.73 Å². The Balaban J connectivity index is 2.03. The molecular formula is C12H23N3O. The van der Waals surface area contributed by atoms with Crippen LogP contribution in [0.4, 0.5) is 0 Å². The Morgan fingerprint density at radius 1 is 1.44 bits per heavy atom. The summed E-state index contributed by atoms with van der Waals surface area (Å²) in [6.07, 6.45) is 2.45. The normalized spacial score (nSPS) is 32.7. The second-order valence-electron chi connectivity index (χ2n) is 5.74. The first-order chi connectivity index (χ1) is 7.54. The van der Waals surface area contributed by atoms with Crippen LogP contribution in [0, 0.1) is 11.3 Å². The SMILES string of the molecule is CC(C)C(C(N)=O)N1CC[C@@]2(CCNC2)C1. The Hall–Kier alpha value is -0.610. The minimum absolute atomic E-state index is 0.0834. The number of rotatable bonds is 3. The lowest BCUT2D eigenvalue weighted by atomic mass is 9.86. The van der Waals surface area contributed by atoms with Gasteiger partial charge in [0, 0.05) is 13.1 Å². The fourth-order valence-corrected chi connectivity index (χ4v) is 3.28. The third kappa shape index (κ3) is 2.09.